The van der Waals surface area contributed by atoms with E-state index in [9.17, 15) is 13.2 Å². The van der Waals surface area contributed by atoms with Gasteiger partial charge in [-0.25, -0.2) is 0 Å². The zero-order chi connectivity index (χ0) is 12.6. The SMILES string of the molecule is Nc1c(OC(F)(F)F)ccc2ccc(Br)cc12. The Labute approximate surface area is 103 Å². The number of nitrogen functional groups attached to an aromatic ring is 1. The molecular formula is C11H7BrF3NO. The summed E-state index contributed by atoms with van der Waals surface area (Å²) in [5, 5.41) is 1.27. The van der Waals surface area contributed by atoms with E-state index in [2.05, 4.69) is 20.7 Å². The molecule has 2 rings (SSSR count). The molecule has 2 N–H and O–H groups in total. The average Bonchev–Trinajstić information content (AvgIpc) is 2.21. The van der Waals surface area contributed by atoms with Gasteiger partial charge in [-0.3, -0.25) is 0 Å². The van der Waals surface area contributed by atoms with E-state index in [1.54, 1.807) is 18.2 Å². The Morgan fingerprint density at radius 1 is 1.12 bits per heavy atom. The fourth-order valence-corrected chi connectivity index (χ4v) is 1.87. The number of alkyl halides is 3. The molecule has 0 saturated carbocycles. The monoisotopic (exact) mass is 305 g/mol. The third-order valence-electron chi connectivity index (χ3n) is 2.21. The number of hydrogen-bond acceptors (Lipinski definition) is 2. The maximum atomic E-state index is 12.1. The molecule has 0 aliphatic heterocycles. The minimum absolute atomic E-state index is 0.0267. The summed E-state index contributed by atoms with van der Waals surface area (Å²) in [5.41, 5.74) is 5.62. The highest BCUT2D eigenvalue weighted by molar-refractivity contribution is 9.10. The maximum absolute atomic E-state index is 12.1. The second kappa shape index (κ2) is 4.10. The van der Waals surface area contributed by atoms with Gasteiger partial charge in [0, 0.05) is 9.86 Å². The van der Waals surface area contributed by atoms with Crippen LogP contribution in [0.2, 0.25) is 0 Å². The van der Waals surface area contributed by atoms with E-state index in [4.69, 9.17) is 5.73 Å². The molecule has 0 radical (unpaired) electrons. The van der Waals surface area contributed by atoms with Gasteiger partial charge in [0.05, 0.1) is 5.69 Å². The first-order valence-electron chi connectivity index (χ1n) is 4.60. The fourth-order valence-electron chi connectivity index (χ4n) is 1.51. The van der Waals surface area contributed by atoms with Crippen molar-refractivity contribution in [3.05, 3.63) is 34.8 Å². The molecule has 0 spiro atoms. The number of nitrogens with two attached hydrogens (primary N) is 1. The summed E-state index contributed by atoms with van der Waals surface area (Å²) in [7, 11) is 0. The predicted octanol–water partition coefficient (Wildman–Crippen LogP) is 4.08. The van der Waals surface area contributed by atoms with Crippen LogP contribution in [0, 0.1) is 0 Å². The van der Waals surface area contributed by atoms with Crippen molar-refractivity contribution in [2.24, 2.45) is 0 Å². The van der Waals surface area contributed by atoms with Crippen LogP contribution in [0.1, 0.15) is 0 Å². The van der Waals surface area contributed by atoms with Crippen LogP contribution in [0.5, 0.6) is 5.75 Å². The van der Waals surface area contributed by atoms with Gasteiger partial charge in [-0.2, -0.15) is 0 Å². The molecule has 0 aliphatic rings. The van der Waals surface area contributed by atoms with Crippen molar-refractivity contribution in [3.63, 3.8) is 0 Å². The molecule has 0 heterocycles. The van der Waals surface area contributed by atoms with Crippen LogP contribution in [-0.2, 0) is 0 Å². The van der Waals surface area contributed by atoms with Gasteiger partial charge in [0.2, 0.25) is 0 Å². The Balaban J connectivity index is 2.56. The molecule has 0 bridgehead atoms. The van der Waals surface area contributed by atoms with Crippen LogP contribution < -0.4 is 10.5 Å². The van der Waals surface area contributed by atoms with Crippen LogP contribution in [0.4, 0.5) is 18.9 Å². The van der Waals surface area contributed by atoms with E-state index < -0.39 is 6.36 Å². The Bertz CT molecular complexity index is 568. The summed E-state index contributed by atoms with van der Waals surface area (Å²) in [6.07, 6.45) is -4.74. The predicted molar refractivity (Wildman–Crippen MR) is 62.7 cm³/mol. The van der Waals surface area contributed by atoms with Crippen LogP contribution >= 0.6 is 15.9 Å². The molecule has 90 valence electrons. The highest BCUT2D eigenvalue weighted by Crippen LogP contribution is 2.35. The van der Waals surface area contributed by atoms with E-state index in [1.165, 1.54) is 12.1 Å². The van der Waals surface area contributed by atoms with E-state index >= 15 is 0 Å². The zero-order valence-corrected chi connectivity index (χ0v) is 9.97. The van der Waals surface area contributed by atoms with Crippen molar-refractivity contribution >= 4 is 32.4 Å². The minimum atomic E-state index is -4.74. The standard InChI is InChI=1S/C11H7BrF3NO/c12-7-3-1-6-2-4-9(17-11(13,14)15)10(16)8(6)5-7/h1-5H,16H2. The topological polar surface area (TPSA) is 35.2 Å². The van der Waals surface area contributed by atoms with Gasteiger partial charge in [0.15, 0.2) is 5.75 Å². The third-order valence-corrected chi connectivity index (χ3v) is 2.70. The maximum Gasteiger partial charge on any atom is 0.573 e. The first-order valence-corrected chi connectivity index (χ1v) is 5.39. The molecule has 2 aromatic rings. The van der Waals surface area contributed by atoms with Crippen LogP contribution in [0.15, 0.2) is 34.8 Å². The molecule has 0 aliphatic carbocycles. The molecule has 6 heteroatoms. The largest absolute Gasteiger partial charge is 0.573 e. The number of fused-ring (bicyclic) bond motifs is 1. The lowest BCUT2D eigenvalue weighted by atomic mass is 10.1. The van der Waals surface area contributed by atoms with Crippen molar-refractivity contribution < 1.29 is 17.9 Å². The molecule has 0 amide bonds. The number of anilines is 1. The van der Waals surface area contributed by atoms with E-state index in [0.717, 1.165) is 9.86 Å². The number of rotatable bonds is 1. The fraction of sp³-hybridized carbons (Fsp3) is 0.0909. The van der Waals surface area contributed by atoms with Gasteiger partial charge in [-0.1, -0.05) is 28.1 Å². The van der Waals surface area contributed by atoms with Crippen molar-refractivity contribution in [1.82, 2.24) is 0 Å². The van der Waals surface area contributed by atoms with Crippen LogP contribution in [0.25, 0.3) is 10.8 Å². The molecule has 0 aromatic heterocycles. The number of hydrogen-bond donors (Lipinski definition) is 1. The summed E-state index contributed by atoms with van der Waals surface area (Å²) in [6, 6.07) is 7.92. The summed E-state index contributed by atoms with van der Waals surface area (Å²) >= 11 is 3.23. The van der Waals surface area contributed by atoms with Gasteiger partial charge >= 0.3 is 6.36 Å². The molecule has 0 atom stereocenters. The Morgan fingerprint density at radius 2 is 1.76 bits per heavy atom. The van der Waals surface area contributed by atoms with E-state index in [-0.39, 0.29) is 11.4 Å². The van der Waals surface area contributed by atoms with Crippen molar-refractivity contribution in [2.45, 2.75) is 6.36 Å². The van der Waals surface area contributed by atoms with Gasteiger partial charge in [-0.15, -0.1) is 13.2 Å². The van der Waals surface area contributed by atoms with Gasteiger partial charge in [0.25, 0.3) is 0 Å². The number of halogens is 4. The summed E-state index contributed by atoms with van der Waals surface area (Å²) < 4.78 is 40.9. The van der Waals surface area contributed by atoms with Gasteiger partial charge < -0.3 is 10.5 Å². The van der Waals surface area contributed by atoms with Gasteiger partial charge in [0.1, 0.15) is 0 Å². The average molecular weight is 306 g/mol. The van der Waals surface area contributed by atoms with E-state index in [1.807, 2.05) is 0 Å². The number of benzene rings is 2. The molecular weight excluding hydrogens is 299 g/mol. The molecule has 0 saturated heterocycles. The molecule has 0 fully saturated rings. The third kappa shape index (κ3) is 2.63. The molecule has 17 heavy (non-hydrogen) atoms. The lowest BCUT2D eigenvalue weighted by Crippen LogP contribution is -2.18. The first kappa shape index (κ1) is 12.0. The minimum Gasteiger partial charge on any atom is -0.404 e. The quantitative estimate of drug-likeness (QED) is 0.806. The Kier molecular flexibility index (Phi) is 2.91. The zero-order valence-electron chi connectivity index (χ0n) is 8.38. The lowest BCUT2D eigenvalue weighted by Gasteiger charge is -2.12. The van der Waals surface area contributed by atoms with Crippen molar-refractivity contribution in [2.75, 3.05) is 5.73 Å². The smallest absolute Gasteiger partial charge is 0.404 e. The normalized spacial score (nSPS) is 11.8. The molecule has 2 aromatic carbocycles. The van der Waals surface area contributed by atoms with E-state index in [0.29, 0.717) is 5.39 Å². The van der Waals surface area contributed by atoms with Crippen molar-refractivity contribution in [1.29, 1.82) is 0 Å². The Morgan fingerprint density at radius 3 is 2.41 bits per heavy atom. The second-order valence-electron chi connectivity index (χ2n) is 3.39. The second-order valence-corrected chi connectivity index (χ2v) is 4.31. The van der Waals surface area contributed by atoms with Crippen LogP contribution in [-0.4, -0.2) is 6.36 Å². The highest BCUT2D eigenvalue weighted by Gasteiger charge is 2.32. The van der Waals surface area contributed by atoms with Crippen LogP contribution in [0.3, 0.4) is 0 Å². The lowest BCUT2D eigenvalue weighted by molar-refractivity contribution is -0.274. The summed E-state index contributed by atoms with van der Waals surface area (Å²) in [4.78, 5) is 0. The van der Waals surface area contributed by atoms with Gasteiger partial charge in [-0.05, 0) is 23.6 Å². The first-order chi connectivity index (χ1) is 7.87. The molecule has 0 unspecified atom stereocenters. The number of ether oxygens (including phenoxy) is 1. The molecule has 2 nitrogen and oxygen atoms in total. The Hall–Kier alpha value is -1.43. The highest BCUT2D eigenvalue weighted by atomic mass is 79.9. The summed E-state index contributed by atoms with van der Waals surface area (Å²) in [6.45, 7) is 0. The summed E-state index contributed by atoms with van der Waals surface area (Å²) in [5.74, 6) is -0.386. The van der Waals surface area contributed by atoms with Crippen molar-refractivity contribution in [3.8, 4) is 5.75 Å².